The van der Waals surface area contributed by atoms with Crippen LogP contribution in [0.3, 0.4) is 0 Å². The number of likely N-dealkylation sites (N-methyl/N-ethyl adjacent to an activating group) is 1. The average Bonchev–Trinajstić information content (AvgIpc) is 3.00. The van der Waals surface area contributed by atoms with Crippen LogP contribution in [-0.4, -0.2) is 68.7 Å². The monoisotopic (exact) mass is 382 g/mol. The smallest absolute Gasteiger partial charge is 0.222 e. The maximum absolute atomic E-state index is 12.7. The van der Waals surface area contributed by atoms with Gasteiger partial charge in [-0.1, -0.05) is 6.07 Å². The molecular formula is C21H30N6O. The van der Waals surface area contributed by atoms with Crippen molar-refractivity contribution in [3.63, 3.8) is 0 Å². The summed E-state index contributed by atoms with van der Waals surface area (Å²) in [4.78, 5) is 21.4. The fraction of sp³-hybridized carbons (Fsp3) is 0.619. The zero-order valence-corrected chi connectivity index (χ0v) is 16.8. The van der Waals surface area contributed by atoms with Gasteiger partial charge in [-0.15, -0.1) is 10.2 Å². The van der Waals surface area contributed by atoms with E-state index >= 15 is 0 Å². The topological polar surface area (TPSA) is 67.2 Å². The van der Waals surface area contributed by atoms with Gasteiger partial charge in [0.25, 0.3) is 0 Å². The van der Waals surface area contributed by atoms with E-state index in [2.05, 4.69) is 31.7 Å². The lowest BCUT2D eigenvalue weighted by molar-refractivity contribution is -0.131. The van der Waals surface area contributed by atoms with Crippen LogP contribution >= 0.6 is 0 Å². The number of carbonyl (C=O) groups excluding carboxylic acids is 1. The van der Waals surface area contributed by atoms with Crippen molar-refractivity contribution < 1.29 is 4.79 Å². The Bertz CT molecular complexity index is 789. The Morgan fingerprint density at radius 2 is 2.11 bits per heavy atom. The minimum absolute atomic E-state index is 0.244. The number of nitrogens with zero attached hydrogens (tertiary/aromatic N) is 6. The van der Waals surface area contributed by atoms with Crippen LogP contribution in [0.2, 0.25) is 0 Å². The standard InChI is InChI=1S/C21H30N6O/c1-25-12-5-6-17(16-25)21-24-23-19-10-13-26(14-15-27(19)21)20(28)9-4-8-18-7-2-3-11-22-18/h2-3,7,11,17H,4-6,8-10,12-16H2,1H3/t17-/m0/s1. The summed E-state index contributed by atoms with van der Waals surface area (Å²) in [6.07, 6.45) is 7.27. The highest BCUT2D eigenvalue weighted by Crippen LogP contribution is 2.26. The highest BCUT2D eigenvalue weighted by Gasteiger charge is 2.27. The zero-order valence-electron chi connectivity index (χ0n) is 16.8. The number of aromatic nitrogens is 4. The lowest BCUT2D eigenvalue weighted by atomic mass is 9.97. The van der Waals surface area contributed by atoms with Gasteiger partial charge in [-0.3, -0.25) is 9.78 Å². The summed E-state index contributed by atoms with van der Waals surface area (Å²) in [7, 11) is 2.18. The lowest BCUT2D eigenvalue weighted by Gasteiger charge is -2.29. The fourth-order valence-corrected chi connectivity index (χ4v) is 4.40. The molecule has 0 radical (unpaired) electrons. The summed E-state index contributed by atoms with van der Waals surface area (Å²) in [5, 5.41) is 8.99. The predicted molar refractivity (Wildman–Crippen MR) is 107 cm³/mol. The molecule has 2 aromatic heterocycles. The van der Waals surface area contributed by atoms with E-state index in [1.54, 1.807) is 0 Å². The highest BCUT2D eigenvalue weighted by atomic mass is 16.2. The van der Waals surface area contributed by atoms with Crippen molar-refractivity contribution in [1.82, 2.24) is 29.5 Å². The van der Waals surface area contributed by atoms with E-state index in [1.807, 2.05) is 29.3 Å². The van der Waals surface area contributed by atoms with Crippen LogP contribution in [0.1, 0.15) is 48.9 Å². The second kappa shape index (κ2) is 8.82. The van der Waals surface area contributed by atoms with E-state index in [1.165, 1.54) is 12.8 Å². The summed E-state index contributed by atoms with van der Waals surface area (Å²) < 4.78 is 2.28. The van der Waals surface area contributed by atoms with Gasteiger partial charge in [-0.05, 0) is 51.4 Å². The van der Waals surface area contributed by atoms with Gasteiger partial charge in [-0.2, -0.15) is 0 Å². The van der Waals surface area contributed by atoms with Crippen LogP contribution in [0, 0.1) is 0 Å². The molecule has 2 aliphatic rings. The lowest BCUT2D eigenvalue weighted by Crippen LogP contribution is -2.34. The van der Waals surface area contributed by atoms with Gasteiger partial charge in [0.2, 0.25) is 5.91 Å². The second-order valence-corrected chi connectivity index (χ2v) is 8.03. The normalized spacial score (nSPS) is 20.6. The first-order valence-corrected chi connectivity index (χ1v) is 10.5. The van der Waals surface area contributed by atoms with E-state index < -0.39 is 0 Å². The molecule has 1 saturated heterocycles. The quantitative estimate of drug-likeness (QED) is 0.790. The van der Waals surface area contributed by atoms with E-state index in [0.717, 1.165) is 69.3 Å². The third-order valence-corrected chi connectivity index (χ3v) is 5.95. The van der Waals surface area contributed by atoms with Gasteiger partial charge in [-0.25, -0.2) is 0 Å². The summed E-state index contributed by atoms with van der Waals surface area (Å²) in [5.74, 6) is 2.85. The summed E-state index contributed by atoms with van der Waals surface area (Å²) in [5.41, 5.74) is 1.06. The average molecular weight is 383 g/mol. The minimum atomic E-state index is 0.244. The molecule has 0 bridgehead atoms. The van der Waals surface area contributed by atoms with Crippen LogP contribution < -0.4 is 0 Å². The van der Waals surface area contributed by atoms with Crippen LogP contribution in [-0.2, 0) is 24.2 Å². The first kappa shape index (κ1) is 19.1. The molecule has 1 atom stereocenters. The Labute approximate surface area is 166 Å². The van der Waals surface area contributed by atoms with E-state index in [4.69, 9.17) is 0 Å². The summed E-state index contributed by atoms with van der Waals surface area (Å²) >= 11 is 0. The largest absolute Gasteiger partial charge is 0.340 e. The Kier molecular flexibility index (Phi) is 6.00. The molecule has 2 aromatic rings. The molecule has 2 aliphatic heterocycles. The molecule has 150 valence electrons. The number of fused-ring (bicyclic) bond motifs is 1. The molecule has 0 aliphatic carbocycles. The number of carbonyl (C=O) groups is 1. The number of likely N-dealkylation sites (tertiary alicyclic amines) is 1. The SMILES string of the molecule is CN1CCC[C@H](c2nnc3n2CCN(C(=O)CCCc2ccccn2)CC3)C1. The van der Waals surface area contributed by atoms with Crippen LogP contribution in [0.5, 0.6) is 0 Å². The van der Waals surface area contributed by atoms with Gasteiger partial charge in [0.05, 0.1) is 0 Å². The van der Waals surface area contributed by atoms with Crippen molar-refractivity contribution in [2.45, 2.75) is 51.0 Å². The number of hydrogen-bond acceptors (Lipinski definition) is 5. The fourth-order valence-electron chi connectivity index (χ4n) is 4.40. The second-order valence-electron chi connectivity index (χ2n) is 8.03. The van der Waals surface area contributed by atoms with Crippen molar-refractivity contribution in [3.8, 4) is 0 Å². The Morgan fingerprint density at radius 1 is 1.18 bits per heavy atom. The zero-order chi connectivity index (χ0) is 19.3. The van der Waals surface area contributed by atoms with Crippen molar-refractivity contribution in [1.29, 1.82) is 0 Å². The Hall–Kier alpha value is -2.28. The van der Waals surface area contributed by atoms with Crippen molar-refractivity contribution in [3.05, 3.63) is 41.7 Å². The molecule has 0 aromatic carbocycles. The maximum Gasteiger partial charge on any atom is 0.222 e. The number of hydrogen-bond donors (Lipinski definition) is 0. The molecule has 0 unspecified atom stereocenters. The molecule has 0 N–H and O–H groups in total. The number of aryl methyl sites for hydroxylation is 1. The molecule has 28 heavy (non-hydrogen) atoms. The minimum Gasteiger partial charge on any atom is -0.340 e. The Morgan fingerprint density at radius 3 is 2.93 bits per heavy atom. The van der Waals surface area contributed by atoms with Gasteiger partial charge >= 0.3 is 0 Å². The number of piperidine rings is 1. The van der Waals surface area contributed by atoms with E-state index in [9.17, 15) is 4.79 Å². The van der Waals surface area contributed by atoms with Gasteiger partial charge in [0, 0.05) is 56.8 Å². The maximum atomic E-state index is 12.7. The highest BCUT2D eigenvalue weighted by molar-refractivity contribution is 5.76. The molecule has 4 rings (SSSR count). The molecular weight excluding hydrogens is 352 g/mol. The van der Waals surface area contributed by atoms with Gasteiger partial charge in [0.15, 0.2) is 0 Å². The third-order valence-electron chi connectivity index (χ3n) is 5.95. The third kappa shape index (κ3) is 4.41. The van der Waals surface area contributed by atoms with E-state index in [0.29, 0.717) is 12.3 Å². The van der Waals surface area contributed by atoms with Crippen molar-refractivity contribution in [2.24, 2.45) is 0 Å². The van der Waals surface area contributed by atoms with Gasteiger partial charge < -0.3 is 14.4 Å². The molecule has 1 fully saturated rings. The number of amides is 1. The van der Waals surface area contributed by atoms with Crippen molar-refractivity contribution >= 4 is 5.91 Å². The van der Waals surface area contributed by atoms with Crippen LogP contribution in [0.4, 0.5) is 0 Å². The first-order chi connectivity index (χ1) is 13.7. The van der Waals surface area contributed by atoms with Crippen LogP contribution in [0.15, 0.2) is 24.4 Å². The molecule has 7 nitrogen and oxygen atoms in total. The molecule has 4 heterocycles. The molecule has 0 spiro atoms. The molecule has 1 amide bonds. The summed E-state index contributed by atoms with van der Waals surface area (Å²) in [6.45, 7) is 4.52. The van der Waals surface area contributed by atoms with Crippen LogP contribution in [0.25, 0.3) is 0 Å². The predicted octanol–water partition coefficient (Wildman–Crippen LogP) is 1.89. The van der Waals surface area contributed by atoms with Gasteiger partial charge in [0.1, 0.15) is 11.6 Å². The molecule has 7 heteroatoms. The number of rotatable bonds is 5. The number of pyridine rings is 1. The first-order valence-electron chi connectivity index (χ1n) is 10.5. The summed E-state index contributed by atoms with van der Waals surface area (Å²) in [6, 6.07) is 5.94. The van der Waals surface area contributed by atoms with Crippen molar-refractivity contribution in [2.75, 3.05) is 33.2 Å². The van der Waals surface area contributed by atoms with E-state index in [-0.39, 0.29) is 5.91 Å². The molecule has 0 saturated carbocycles. The Balaban J connectivity index is 1.32.